The highest BCUT2D eigenvalue weighted by molar-refractivity contribution is 5.96. The molecule has 2 heterocycles. The van der Waals surface area contributed by atoms with Crippen LogP contribution in [0.25, 0.3) is 11.3 Å². The maximum absolute atomic E-state index is 13.9. The Morgan fingerprint density at radius 3 is 2.52 bits per heavy atom. The van der Waals surface area contributed by atoms with Crippen molar-refractivity contribution < 1.29 is 23.0 Å². The number of unbranched alkanes of at least 4 members (excludes halogenated alkanes) is 1. The molecule has 1 aliphatic rings. The molecule has 1 unspecified atom stereocenters. The molecular weight excluding hydrogens is 428 g/mol. The van der Waals surface area contributed by atoms with Gasteiger partial charge in [0.2, 0.25) is 0 Å². The van der Waals surface area contributed by atoms with Crippen molar-refractivity contribution in [2.75, 3.05) is 7.11 Å². The average Bonchev–Trinajstić information content (AvgIpc) is 2.75. The number of nitrogens with zero attached hydrogens (tertiary/aromatic N) is 1. The number of carbonyl (C=O) groups excluding carboxylic acids is 1. The Hall–Kier alpha value is -2.96. The van der Waals surface area contributed by atoms with E-state index in [1.165, 1.54) is 13.2 Å². The monoisotopic (exact) mass is 459 g/mol. The molecular formula is C26H31F2NO4. The summed E-state index contributed by atoms with van der Waals surface area (Å²) in [5, 5.41) is 0. The lowest BCUT2D eigenvalue weighted by molar-refractivity contribution is -0.132. The van der Waals surface area contributed by atoms with Crippen LogP contribution in [0.3, 0.4) is 0 Å². The maximum Gasteiger partial charge on any atom is 0.419 e. The van der Waals surface area contributed by atoms with Crippen molar-refractivity contribution >= 4 is 5.78 Å². The zero-order valence-corrected chi connectivity index (χ0v) is 19.8. The summed E-state index contributed by atoms with van der Waals surface area (Å²) in [6.45, 7) is 11.3. The molecule has 178 valence electrons. The number of fused-ring (bicyclic) bond motifs is 3. The van der Waals surface area contributed by atoms with Gasteiger partial charge < -0.3 is 14.0 Å². The van der Waals surface area contributed by atoms with Crippen molar-refractivity contribution in [1.29, 1.82) is 0 Å². The van der Waals surface area contributed by atoms with Gasteiger partial charge in [0.25, 0.3) is 0 Å². The van der Waals surface area contributed by atoms with E-state index in [9.17, 15) is 18.4 Å². The molecule has 2 aromatic rings. The molecule has 33 heavy (non-hydrogen) atoms. The lowest BCUT2D eigenvalue weighted by Gasteiger charge is -2.39. The fourth-order valence-corrected chi connectivity index (χ4v) is 4.17. The number of hydrogen-bond donors (Lipinski definition) is 0. The number of ketones is 1. The molecule has 1 atom stereocenters. The van der Waals surface area contributed by atoms with E-state index < -0.39 is 6.11 Å². The Morgan fingerprint density at radius 2 is 1.94 bits per heavy atom. The van der Waals surface area contributed by atoms with E-state index in [2.05, 4.69) is 27.4 Å². The summed E-state index contributed by atoms with van der Waals surface area (Å²) in [6, 6.07) is 4.50. The number of methoxy groups -OCH3 is 1. The van der Waals surface area contributed by atoms with Crippen LogP contribution < -0.4 is 14.9 Å². The third-order valence-corrected chi connectivity index (χ3v) is 6.04. The van der Waals surface area contributed by atoms with E-state index in [1.54, 1.807) is 18.3 Å². The Labute approximate surface area is 193 Å². The molecule has 0 radical (unpaired) electrons. The lowest BCUT2D eigenvalue weighted by Crippen LogP contribution is -2.33. The minimum absolute atomic E-state index is 0.101. The number of aromatic nitrogens is 1. The molecule has 0 amide bonds. The SMILES string of the molecule is C=CC(F)(F)Oc1cc2c(cc1OC)-c1cc(=O)c(C(=O)CCCC)cn1C(C(C)(C)C)C2. The van der Waals surface area contributed by atoms with Gasteiger partial charge in [-0.25, -0.2) is 0 Å². The van der Waals surface area contributed by atoms with Gasteiger partial charge in [-0.15, -0.1) is 0 Å². The number of alkyl halides is 2. The highest BCUT2D eigenvalue weighted by Gasteiger charge is 2.35. The summed E-state index contributed by atoms with van der Waals surface area (Å²) in [4.78, 5) is 25.6. The van der Waals surface area contributed by atoms with Crippen LogP contribution >= 0.6 is 0 Å². The number of hydrogen-bond acceptors (Lipinski definition) is 4. The van der Waals surface area contributed by atoms with E-state index in [0.29, 0.717) is 30.2 Å². The fourth-order valence-electron chi connectivity index (χ4n) is 4.17. The second-order valence-corrected chi connectivity index (χ2v) is 9.48. The minimum atomic E-state index is -3.55. The highest BCUT2D eigenvalue weighted by atomic mass is 19.3. The van der Waals surface area contributed by atoms with Crippen molar-refractivity contribution in [2.24, 2.45) is 5.41 Å². The molecule has 0 N–H and O–H groups in total. The second-order valence-electron chi connectivity index (χ2n) is 9.48. The summed E-state index contributed by atoms with van der Waals surface area (Å²) in [6.07, 6.45) is 0.965. The molecule has 7 heteroatoms. The zero-order chi connectivity index (χ0) is 24.6. The van der Waals surface area contributed by atoms with Gasteiger partial charge in [-0.1, -0.05) is 40.7 Å². The first-order valence-corrected chi connectivity index (χ1v) is 11.1. The van der Waals surface area contributed by atoms with Gasteiger partial charge in [0, 0.05) is 36.4 Å². The molecule has 1 aromatic carbocycles. The molecule has 3 rings (SSSR count). The van der Waals surface area contributed by atoms with Crippen LogP contribution in [0.15, 0.2) is 41.8 Å². The molecule has 0 aliphatic carbocycles. The van der Waals surface area contributed by atoms with Crippen LogP contribution in [-0.4, -0.2) is 23.6 Å². The van der Waals surface area contributed by atoms with Crippen molar-refractivity contribution in [3.63, 3.8) is 0 Å². The van der Waals surface area contributed by atoms with E-state index in [0.717, 1.165) is 18.4 Å². The van der Waals surface area contributed by atoms with E-state index in [1.807, 2.05) is 11.5 Å². The molecule has 5 nitrogen and oxygen atoms in total. The minimum Gasteiger partial charge on any atom is -0.493 e. The lowest BCUT2D eigenvalue weighted by atomic mass is 9.78. The topological polar surface area (TPSA) is 57.5 Å². The number of ether oxygens (including phenoxy) is 2. The molecule has 1 aliphatic heterocycles. The average molecular weight is 460 g/mol. The quantitative estimate of drug-likeness (QED) is 0.348. The largest absolute Gasteiger partial charge is 0.493 e. The maximum atomic E-state index is 13.9. The smallest absolute Gasteiger partial charge is 0.419 e. The zero-order valence-electron chi connectivity index (χ0n) is 19.8. The van der Waals surface area contributed by atoms with Gasteiger partial charge in [0.15, 0.2) is 22.7 Å². The van der Waals surface area contributed by atoms with Gasteiger partial charge in [-0.3, -0.25) is 9.59 Å². The van der Waals surface area contributed by atoms with E-state index in [-0.39, 0.29) is 39.7 Å². The van der Waals surface area contributed by atoms with Crippen molar-refractivity contribution in [2.45, 2.75) is 65.5 Å². The van der Waals surface area contributed by atoms with Crippen molar-refractivity contribution in [1.82, 2.24) is 4.57 Å². The molecule has 1 aromatic heterocycles. The van der Waals surface area contributed by atoms with Gasteiger partial charge >= 0.3 is 6.11 Å². The van der Waals surface area contributed by atoms with Crippen molar-refractivity contribution in [3.8, 4) is 22.8 Å². The summed E-state index contributed by atoms with van der Waals surface area (Å²) in [7, 11) is 1.37. The Balaban J connectivity index is 2.21. The van der Waals surface area contributed by atoms with Gasteiger partial charge in [0.05, 0.1) is 18.4 Å². The molecule has 0 saturated heterocycles. The Bertz CT molecular complexity index is 1130. The van der Waals surface area contributed by atoms with Gasteiger partial charge in [0.1, 0.15) is 0 Å². The number of carbonyl (C=O) groups is 1. The summed E-state index contributed by atoms with van der Waals surface area (Å²) >= 11 is 0. The summed E-state index contributed by atoms with van der Waals surface area (Å²) in [5.74, 6) is -0.147. The molecule has 0 bridgehead atoms. The third-order valence-electron chi connectivity index (χ3n) is 6.04. The van der Waals surface area contributed by atoms with E-state index in [4.69, 9.17) is 9.47 Å². The van der Waals surface area contributed by atoms with Crippen molar-refractivity contribution in [3.05, 3.63) is 58.4 Å². The first kappa shape index (κ1) is 24.7. The standard InChI is InChI=1S/C26H31F2NO4/c1-7-9-10-20(30)18-15-29-19(14-21(18)31)17-13-22(32-6)23(33-26(27,28)8-2)11-16(17)12-24(29)25(3,4)5/h8,11,13-15,24H,2,7,9-10,12H2,1,3-6H3. The number of benzene rings is 1. The number of rotatable bonds is 8. The summed E-state index contributed by atoms with van der Waals surface area (Å²) in [5.41, 5.74) is 1.66. The fraction of sp³-hybridized carbons (Fsp3) is 0.462. The Kier molecular flexibility index (Phi) is 6.82. The third kappa shape index (κ3) is 5.02. The first-order valence-electron chi connectivity index (χ1n) is 11.1. The first-order chi connectivity index (χ1) is 15.4. The molecule has 0 spiro atoms. The van der Waals surface area contributed by atoms with Crippen LogP contribution in [0.1, 0.15) is 68.9 Å². The van der Waals surface area contributed by atoms with Crippen LogP contribution in [0.5, 0.6) is 11.5 Å². The van der Waals surface area contributed by atoms with E-state index >= 15 is 0 Å². The number of Topliss-reactive ketones (excluding diaryl/α,β-unsaturated/α-hetero) is 1. The van der Waals surface area contributed by atoms with Crippen LogP contribution in [0.4, 0.5) is 8.78 Å². The van der Waals surface area contributed by atoms with Crippen LogP contribution in [0.2, 0.25) is 0 Å². The molecule has 0 fully saturated rings. The number of pyridine rings is 1. The van der Waals surface area contributed by atoms with Gasteiger partial charge in [-0.2, -0.15) is 8.78 Å². The van der Waals surface area contributed by atoms with Crippen LogP contribution in [0, 0.1) is 5.41 Å². The normalized spacial score (nSPS) is 15.4. The predicted octanol–water partition coefficient (Wildman–Crippen LogP) is 6.20. The second kappa shape index (κ2) is 9.12. The molecule has 0 saturated carbocycles. The predicted molar refractivity (Wildman–Crippen MR) is 125 cm³/mol. The summed E-state index contributed by atoms with van der Waals surface area (Å²) < 4.78 is 39.9. The van der Waals surface area contributed by atoms with Crippen LogP contribution in [-0.2, 0) is 6.42 Å². The highest BCUT2D eigenvalue weighted by Crippen LogP contribution is 2.46. The number of halogens is 2. The van der Waals surface area contributed by atoms with Gasteiger partial charge in [-0.05, 0) is 36.0 Å². The Morgan fingerprint density at radius 1 is 1.24 bits per heavy atom.